The topological polar surface area (TPSA) is 90.0 Å². The normalized spacial score (nSPS) is 10.3. The molecule has 0 radical (unpaired) electrons. The van der Waals surface area contributed by atoms with E-state index in [4.69, 9.17) is 5.73 Å². The monoisotopic (exact) mass is 384 g/mol. The Morgan fingerprint density at radius 1 is 1.50 bits per heavy atom. The summed E-state index contributed by atoms with van der Waals surface area (Å²) in [7, 11) is 0. The molecule has 2 rings (SSSR count). The minimum atomic E-state index is -0.301. The van der Waals surface area contributed by atoms with Crippen LogP contribution in [0.15, 0.2) is 35.5 Å². The second kappa shape index (κ2) is 6.04. The third kappa shape index (κ3) is 3.35. The van der Waals surface area contributed by atoms with E-state index in [1.807, 2.05) is 35.6 Å². The maximum atomic E-state index is 12.0. The molecule has 1 heterocycles. The van der Waals surface area contributed by atoms with E-state index in [1.54, 1.807) is 12.1 Å². The molecule has 0 aliphatic rings. The summed E-state index contributed by atoms with van der Waals surface area (Å²) in [5, 5.41) is 2.74. The van der Waals surface area contributed by atoms with Gasteiger partial charge in [0, 0.05) is 17.6 Å². The second-order valence-electron chi connectivity index (χ2n) is 4.30. The van der Waals surface area contributed by atoms with Gasteiger partial charge in [-0.05, 0) is 47.2 Å². The SMILES string of the molecule is Cc1ccc(N)cc1NC(=O)Cn1cncc(I)c1=O. The molecule has 2 aromatic rings. The second-order valence-corrected chi connectivity index (χ2v) is 5.46. The van der Waals surface area contributed by atoms with Crippen LogP contribution in [0.1, 0.15) is 5.56 Å². The van der Waals surface area contributed by atoms with Gasteiger partial charge in [0.15, 0.2) is 0 Å². The smallest absolute Gasteiger partial charge is 0.267 e. The Morgan fingerprint density at radius 2 is 2.25 bits per heavy atom. The molecule has 0 saturated carbocycles. The van der Waals surface area contributed by atoms with Crippen LogP contribution in [0, 0.1) is 10.5 Å². The first kappa shape index (κ1) is 14.5. The number of nitrogens with zero attached hydrogens (tertiary/aromatic N) is 2. The first-order chi connectivity index (χ1) is 9.47. The van der Waals surface area contributed by atoms with Gasteiger partial charge in [0.05, 0.1) is 9.90 Å². The van der Waals surface area contributed by atoms with Gasteiger partial charge in [0.2, 0.25) is 5.91 Å². The number of aryl methyl sites for hydroxylation is 1. The molecule has 1 amide bonds. The molecule has 0 aliphatic heterocycles. The highest BCUT2D eigenvalue weighted by Crippen LogP contribution is 2.17. The maximum Gasteiger partial charge on any atom is 0.267 e. The fraction of sp³-hybridized carbons (Fsp3) is 0.154. The number of hydrogen-bond acceptors (Lipinski definition) is 4. The summed E-state index contributed by atoms with van der Waals surface area (Å²) in [6.07, 6.45) is 2.80. The molecule has 0 spiro atoms. The van der Waals surface area contributed by atoms with Gasteiger partial charge in [-0.15, -0.1) is 0 Å². The van der Waals surface area contributed by atoms with Gasteiger partial charge in [0.25, 0.3) is 5.56 Å². The average molecular weight is 384 g/mol. The molecule has 7 heteroatoms. The van der Waals surface area contributed by atoms with Gasteiger partial charge < -0.3 is 11.1 Å². The first-order valence-electron chi connectivity index (χ1n) is 5.83. The number of nitrogens with two attached hydrogens (primary N) is 1. The lowest BCUT2D eigenvalue weighted by Crippen LogP contribution is -2.29. The minimum absolute atomic E-state index is 0.0864. The number of carbonyl (C=O) groups excluding carboxylic acids is 1. The van der Waals surface area contributed by atoms with Crippen LogP contribution >= 0.6 is 22.6 Å². The molecule has 0 atom stereocenters. The van der Waals surface area contributed by atoms with Crippen molar-refractivity contribution < 1.29 is 4.79 Å². The zero-order chi connectivity index (χ0) is 14.7. The number of benzene rings is 1. The van der Waals surface area contributed by atoms with E-state index < -0.39 is 0 Å². The molecule has 0 saturated heterocycles. The number of carbonyl (C=O) groups is 1. The van der Waals surface area contributed by atoms with Crippen LogP contribution in [0.3, 0.4) is 0 Å². The summed E-state index contributed by atoms with van der Waals surface area (Å²) in [4.78, 5) is 27.7. The highest BCUT2D eigenvalue weighted by molar-refractivity contribution is 14.1. The van der Waals surface area contributed by atoms with Gasteiger partial charge >= 0.3 is 0 Å². The van der Waals surface area contributed by atoms with Crippen LogP contribution in [0.4, 0.5) is 11.4 Å². The number of aromatic nitrogens is 2. The zero-order valence-electron chi connectivity index (χ0n) is 10.8. The van der Waals surface area contributed by atoms with Crippen molar-refractivity contribution in [2.45, 2.75) is 13.5 Å². The summed E-state index contributed by atoms with van der Waals surface area (Å²) in [5.74, 6) is -0.301. The van der Waals surface area contributed by atoms with Crippen molar-refractivity contribution in [2.24, 2.45) is 0 Å². The van der Waals surface area contributed by atoms with Gasteiger partial charge in [-0.25, -0.2) is 4.98 Å². The molecular weight excluding hydrogens is 371 g/mol. The predicted molar refractivity (Wildman–Crippen MR) is 85.4 cm³/mol. The summed E-state index contributed by atoms with van der Waals surface area (Å²) in [6.45, 7) is 1.78. The Labute approximate surface area is 129 Å². The summed E-state index contributed by atoms with van der Waals surface area (Å²) < 4.78 is 1.73. The van der Waals surface area contributed by atoms with Gasteiger partial charge in [-0.2, -0.15) is 0 Å². The van der Waals surface area contributed by atoms with Gasteiger partial charge in [-0.1, -0.05) is 6.07 Å². The highest BCUT2D eigenvalue weighted by Gasteiger charge is 2.08. The summed E-state index contributed by atoms with van der Waals surface area (Å²) in [6, 6.07) is 5.27. The van der Waals surface area contributed by atoms with E-state index >= 15 is 0 Å². The molecule has 0 aliphatic carbocycles. The van der Waals surface area contributed by atoms with Crippen LogP contribution in [0.25, 0.3) is 0 Å². The van der Waals surface area contributed by atoms with Crippen LogP contribution in [0.2, 0.25) is 0 Å². The summed E-state index contributed by atoms with van der Waals surface area (Å²) >= 11 is 1.89. The Bertz CT molecular complexity index is 712. The predicted octanol–water partition coefficient (Wildman–Crippen LogP) is 1.38. The van der Waals surface area contributed by atoms with E-state index in [2.05, 4.69) is 10.3 Å². The van der Waals surface area contributed by atoms with E-state index in [0.29, 0.717) is 14.9 Å². The highest BCUT2D eigenvalue weighted by atomic mass is 127. The summed E-state index contributed by atoms with van der Waals surface area (Å²) in [5.41, 5.74) is 7.56. The fourth-order valence-corrected chi connectivity index (χ4v) is 2.13. The first-order valence-corrected chi connectivity index (χ1v) is 6.91. The minimum Gasteiger partial charge on any atom is -0.399 e. The number of halogens is 1. The lowest BCUT2D eigenvalue weighted by molar-refractivity contribution is -0.116. The van der Waals surface area contributed by atoms with Crippen molar-refractivity contribution in [3.05, 3.63) is 50.2 Å². The quantitative estimate of drug-likeness (QED) is 0.618. The Kier molecular flexibility index (Phi) is 4.38. The van der Waals surface area contributed by atoms with Crippen LogP contribution < -0.4 is 16.6 Å². The van der Waals surface area contributed by atoms with Crippen molar-refractivity contribution >= 4 is 39.9 Å². The van der Waals surface area contributed by atoms with E-state index in [0.717, 1.165) is 5.56 Å². The zero-order valence-corrected chi connectivity index (χ0v) is 12.9. The number of nitrogens with one attached hydrogen (secondary N) is 1. The van der Waals surface area contributed by atoms with Crippen molar-refractivity contribution in [1.82, 2.24) is 9.55 Å². The molecule has 6 nitrogen and oxygen atoms in total. The Hall–Kier alpha value is -1.90. The van der Waals surface area contributed by atoms with Gasteiger partial charge in [0.1, 0.15) is 6.54 Å². The molecule has 0 fully saturated rings. The third-order valence-corrected chi connectivity index (χ3v) is 3.45. The number of amides is 1. The van der Waals surface area contributed by atoms with Crippen molar-refractivity contribution in [2.75, 3.05) is 11.1 Å². The van der Waals surface area contributed by atoms with Crippen molar-refractivity contribution in [3.63, 3.8) is 0 Å². The van der Waals surface area contributed by atoms with Crippen molar-refractivity contribution in [3.8, 4) is 0 Å². The number of rotatable bonds is 3. The van der Waals surface area contributed by atoms with E-state index in [1.165, 1.54) is 17.1 Å². The maximum absolute atomic E-state index is 12.0. The molecule has 1 aromatic carbocycles. The Morgan fingerprint density at radius 3 is 3.00 bits per heavy atom. The molecule has 104 valence electrons. The standard InChI is InChI=1S/C13H13IN4O2/c1-8-2-3-9(15)4-11(8)17-12(19)6-18-7-16-5-10(14)13(18)20/h2-5,7H,6,15H2,1H3,(H,17,19). The van der Waals surface area contributed by atoms with Crippen LogP contribution in [-0.4, -0.2) is 15.5 Å². The van der Waals surface area contributed by atoms with Gasteiger partial charge in [-0.3, -0.25) is 14.2 Å². The average Bonchev–Trinajstić information content (AvgIpc) is 2.39. The number of hydrogen-bond donors (Lipinski definition) is 2. The molecule has 3 N–H and O–H groups in total. The van der Waals surface area contributed by atoms with E-state index in [9.17, 15) is 9.59 Å². The number of nitrogen functional groups attached to an aromatic ring is 1. The van der Waals surface area contributed by atoms with Crippen LogP contribution in [0.5, 0.6) is 0 Å². The Balaban J connectivity index is 2.15. The molecule has 1 aromatic heterocycles. The van der Waals surface area contributed by atoms with Crippen molar-refractivity contribution in [1.29, 1.82) is 0 Å². The molecule has 20 heavy (non-hydrogen) atoms. The lowest BCUT2D eigenvalue weighted by atomic mass is 10.2. The molecular formula is C13H13IN4O2. The molecule has 0 bridgehead atoms. The lowest BCUT2D eigenvalue weighted by Gasteiger charge is -2.10. The van der Waals surface area contributed by atoms with E-state index in [-0.39, 0.29) is 18.0 Å². The molecule has 0 unspecified atom stereocenters. The van der Waals surface area contributed by atoms with Crippen LogP contribution in [-0.2, 0) is 11.3 Å². The third-order valence-electron chi connectivity index (χ3n) is 2.71. The number of anilines is 2. The largest absolute Gasteiger partial charge is 0.399 e. The fourth-order valence-electron chi connectivity index (χ4n) is 1.66.